The molecule has 24 heavy (non-hydrogen) atoms. The molecular formula is C17H14BrN3O3. The number of rotatable bonds is 3. The van der Waals surface area contributed by atoms with E-state index >= 15 is 0 Å². The monoisotopic (exact) mass is 387 g/mol. The fourth-order valence-electron chi connectivity index (χ4n) is 2.26. The van der Waals surface area contributed by atoms with Gasteiger partial charge in [0.1, 0.15) is 11.5 Å². The van der Waals surface area contributed by atoms with Crippen molar-refractivity contribution in [1.29, 1.82) is 0 Å². The van der Waals surface area contributed by atoms with Crippen LogP contribution >= 0.6 is 15.9 Å². The second-order valence-corrected chi connectivity index (χ2v) is 6.17. The number of aromatic amines is 1. The number of hydrazone groups is 1. The molecule has 1 heterocycles. The summed E-state index contributed by atoms with van der Waals surface area (Å²) in [5.41, 5.74) is 4.68. The average Bonchev–Trinajstić information content (AvgIpc) is 2.97. The van der Waals surface area contributed by atoms with Gasteiger partial charge >= 0.3 is 0 Å². The second kappa shape index (κ2) is 6.37. The van der Waals surface area contributed by atoms with Gasteiger partial charge in [0.25, 0.3) is 5.91 Å². The number of carbonyl (C=O) groups is 1. The van der Waals surface area contributed by atoms with Crippen molar-refractivity contribution < 1.29 is 15.0 Å². The summed E-state index contributed by atoms with van der Waals surface area (Å²) in [6.45, 7) is 1.74. The molecule has 3 aromatic rings. The molecule has 0 bridgehead atoms. The van der Waals surface area contributed by atoms with Gasteiger partial charge in [-0.3, -0.25) is 4.79 Å². The number of nitrogens with one attached hydrogen (secondary N) is 2. The maximum atomic E-state index is 12.1. The Bertz CT molecular complexity index is 963. The van der Waals surface area contributed by atoms with Gasteiger partial charge in [0, 0.05) is 15.4 Å². The number of nitrogens with zero attached hydrogens (tertiary/aromatic N) is 1. The van der Waals surface area contributed by atoms with E-state index in [4.69, 9.17) is 0 Å². The summed E-state index contributed by atoms with van der Waals surface area (Å²) in [7, 11) is 0. The van der Waals surface area contributed by atoms with Crippen LogP contribution in [0.5, 0.6) is 11.5 Å². The number of H-pyrrole nitrogens is 1. The molecule has 1 amide bonds. The fraction of sp³-hybridized carbons (Fsp3) is 0.0588. The lowest BCUT2D eigenvalue weighted by atomic mass is 10.2. The SMILES string of the molecule is CC(=NNC(=O)c1cc(Br)ccc1O)c1cc2cc(O)ccc2[nH]1. The molecule has 0 radical (unpaired) electrons. The first-order chi connectivity index (χ1) is 11.4. The lowest BCUT2D eigenvalue weighted by Gasteiger charge is -2.04. The van der Waals surface area contributed by atoms with Gasteiger partial charge in [-0.05, 0) is 49.4 Å². The Balaban J connectivity index is 1.82. The molecule has 0 aliphatic carbocycles. The van der Waals surface area contributed by atoms with Crippen molar-refractivity contribution in [2.24, 2.45) is 5.10 Å². The van der Waals surface area contributed by atoms with Crippen LogP contribution in [0.2, 0.25) is 0 Å². The van der Waals surface area contributed by atoms with Gasteiger partial charge in [-0.2, -0.15) is 5.10 Å². The molecule has 0 saturated carbocycles. The first kappa shape index (κ1) is 16.1. The van der Waals surface area contributed by atoms with Gasteiger partial charge in [0.2, 0.25) is 0 Å². The Morgan fingerprint density at radius 2 is 1.96 bits per heavy atom. The number of phenols is 2. The third-order valence-electron chi connectivity index (χ3n) is 3.52. The van der Waals surface area contributed by atoms with E-state index in [9.17, 15) is 15.0 Å². The summed E-state index contributed by atoms with van der Waals surface area (Å²) >= 11 is 3.25. The second-order valence-electron chi connectivity index (χ2n) is 5.25. The van der Waals surface area contributed by atoms with E-state index in [2.05, 4.69) is 31.4 Å². The molecule has 0 unspecified atom stereocenters. The molecule has 2 aromatic carbocycles. The summed E-state index contributed by atoms with van der Waals surface area (Å²) in [5, 5.41) is 24.1. The van der Waals surface area contributed by atoms with Gasteiger partial charge in [0.05, 0.1) is 17.0 Å². The van der Waals surface area contributed by atoms with E-state index in [1.54, 1.807) is 31.2 Å². The predicted molar refractivity (Wildman–Crippen MR) is 95.4 cm³/mol. The van der Waals surface area contributed by atoms with Crippen molar-refractivity contribution in [1.82, 2.24) is 10.4 Å². The largest absolute Gasteiger partial charge is 0.508 e. The Kier molecular flexibility index (Phi) is 4.26. The molecule has 0 spiro atoms. The van der Waals surface area contributed by atoms with E-state index in [0.29, 0.717) is 10.2 Å². The molecule has 1 aromatic heterocycles. The van der Waals surface area contributed by atoms with Crippen molar-refractivity contribution in [3.63, 3.8) is 0 Å². The highest BCUT2D eigenvalue weighted by molar-refractivity contribution is 9.10. The Hall–Kier alpha value is -2.80. The Morgan fingerprint density at radius 3 is 2.75 bits per heavy atom. The Morgan fingerprint density at radius 1 is 1.17 bits per heavy atom. The standard InChI is InChI=1S/C17H14BrN3O3/c1-9(15-7-10-6-12(22)3-4-14(10)19-15)20-21-17(24)13-8-11(18)2-5-16(13)23/h2-8,19,22-23H,1H3,(H,21,24). The van der Waals surface area contributed by atoms with E-state index in [1.807, 2.05) is 6.07 Å². The normalized spacial score (nSPS) is 11.7. The maximum absolute atomic E-state index is 12.1. The van der Waals surface area contributed by atoms with Gasteiger partial charge in [-0.1, -0.05) is 15.9 Å². The maximum Gasteiger partial charge on any atom is 0.275 e. The van der Waals surface area contributed by atoms with Crippen LogP contribution in [0.1, 0.15) is 23.0 Å². The molecule has 6 nitrogen and oxygen atoms in total. The molecule has 0 fully saturated rings. The Labute approximate surface area is 146 Å². The number of amides is 1. The molecule has 0 aliphatic heterocycles. The van der Waals surface area contributed by atoms with Gasteiger partial charge in [0.15, 0.2) is 0 Å². The van der Waals surface area contributed by atoms with E-state index < -0.39 is 5.91 Å². The van der Waals surface area contributed by atoms with Crippen LogP contribution in [0.3, 0.4) is 0 Å². The van der Waals surface area contributed by atoms with Crippen molar-refractivity contribution in [3.8, 4) is 11.5 Å². The summed E-state index contributed by atoms with van der Waals surface area (Å²) < 4.78 is 0.682. The van der Waals surface area contributed by atoms with Crippen molar-refractivity contribution in [3.05, 3.63) is 58.2 Å². The van der Waals surface area contributed by atoms with Crippen LogP contribution in [0.4, 0.5) is 0 Å². The topological polar surface area (TPSA) is 97.7 Å². The smallest absolute Gasteiger partial charge is 0.275 e. The minimum absolute atomic E-state index is 0.121. The van der Waals surface area contributed by atoms with Gasteiger partial charge in [-0.15, -0.1) is 0 Å². The zero-order chi connectivity index (χ0) is 17.3. The predicted octanol–water partition coefficient (Wildman–Crippen LogP) is 3.50. The fourth-order valence-corrected chi connectivity index (χ4v) is 2.62. The molecule has 0 aliphatic rings. The number of aromatic hydroxyl groups is 2. The quantitative estimate of drug-likeness (QED) is 0.408. The molecule has 122 valence electrons. The summed E-state index contributed by atoms with van der Waals surface area (Å²) in [4.78, 5) is 15.3. The van der Waals surface area contributed by atoms with Crippen LogP contribution in [0, 0.1) is 0 Å². The van der Waals surface area contributed by atoms with E-state index in [0.717, 1.165) is 16.6 Å². The van der Waals surface area contributed by atoms with Crippen LogP contribution in [0.15, 0.2) is 52.0 Å². The molecule has 0 saturated heterocycles. The van der Waals surface area contributed by atoms with Gasteiger partial charge < -0.3 is 15.2 Å². The average molecular weight is 388 g/mol. The molecular weight excluding hydrogens is 374 g/mol. The number of hydrogen-bond acceptors (Lipinski definition) is 4. The number of aromatic nitrogens is 1. The third-order valence-corrected chi connectivity index (χ3v) is 4.02. The van der Waals surface area contributed by atoms with Crippen LogP contribution in [-0.4, -0.2) is 26.8 Å². The lowest BCUT2D eigenvalue weighted by Crippen LogP contribution is -2.19. The minimum Gasteiger partial charge on any atom is -0.508 e. The van der Waals surface area contributed by atoms with Crippen molar-refractivity contribution in [2.45, 2.75) is 6.92 Å². The summed E-state index contributed by atoms with van der Waals surface area (Å²) in [5.74, 6) is -0.451. The minimum atomic E-state index is -0.512. The zero-order valence-corrected chi connectivity index (χ0v) is 14.3. The van der Waals surface area contributed by atoms with Crippen LogP contribution < -0.4 is 5.43 Å². The van der Waals surface area contributed by atoms with Gasteiger partial charge in [-0.25, -0.2) is 5.43 Å². The van der Waals surface area contributed by atoms with Crippen LogP contribution in [-0.2, 0) is 0 Å². The zero-order valence-electron chi connectivity index (χ0n) is 12.7. The molecule has 4 N–H and O–H groups in total. The first-order valence-corrected chi connectivity index (χ1v) is 7.88. The highest BCUT2D eigenvalue weighted by Gasteiger charge is 2.11. The number of hydrogen-bond donors (Lipinski definition) is 4. The number of phenolic OH excluding ortho intramolecular Hbond substituents is 2. The lowest BCUT2D eigenvalue weighted by molar-refractivity contribution is 0.0952. The van der Waals surface area contributed by atoms with E-state index in [1.165, 1.54) is 12.1 Å². The van der Waals surface area contributed by atoms with Crippen LogP contribution in [0.25, 0.3) is 10.9 Å². The summed E-state index contributed by atoms with van der Waals surface area (Å²) in [6.07, 6.45) is 0. The number of carbonyl (C=O) groups excluding carboxylic acids is 1. The highest BCUT2D eigenvalue weighted by atomic mass is 79.9. The van der Waals surface area contributed by atoms with Crippen molar-refractivity contribution in [2.75, 3.05) is 0 Å². The molecule has 3 rings (SSSR count). The summed E-state index contributed by atoms with van der Waals surface area (Å²) in [6, 6.07) is 11.4. The number of benzene rings is 2. The third kappa shape index (κ3) is 3.26. The highest BCUT2D eigenvalue weighted by Crippen LogP contribution is 2.22. The first-order valence-electron chi connectivity index (χ1n) is 7.09. The number of fused-ring (bicyclic) bond motifs is 1. The van der Waals surface area contributed by atoms with Crippen molar-refractivity contribution >= 4 is 38.5 Å². The molecule has 0 atom stereocenters. The molecule has 7 heteroatoms. The number of halogens is 1. The van der Waals surface area contributed by atoms with E-state index in [-0.39, 0.29) is 17.1 Å².